The van der Waals surface area contributed by atoms with Gasteiger partial charge < -0.3 is 9.64 Å². The number of hydrogen-bond donors (Lipinski definition) is 0. The molecule has 0 aliphatic heterocycles. The predicted molar refractivity (Wildman–Crippen MR) is 66.8 cm³/mol. The summed E-state index contributed by atoms with van der Waals surface area (Å²) < 4.78 is 4.55. The van der Waals surface area contributed by atoms with E-state index in [0.717, 1.165) is 5.56 Å². The summed E-state index contributed by atoms with van der Waals surface area (Å²) >= 11 is 0. The number of aromatic nitrogens is 1. The van der Waals surface area contributed by atoms with Crippen molar-refractivity contribution < 1.29 is 14.3 Å². The van der Waals surface area contributed by atoms with Gasteiger partial charge >= 0.3 is 5.97 Å². The molecule has 0 spiro atoms. The zero-order chi connectivity index (χ0) is 13.4. The molecule has 0 saturated carbocycles. The highest BCUT2D eigenvalue weighted by Gasteiger charge is 2.15. The van der Waals surface area contributed by atoms with Gasteiger partial charge in [-0.05, 0) is 31.0 Å². The van der Waals surface area contributed by atoms with Crippen LogP contribution in [-0.2, 0) is 20.7 Å². The number of nitrogens with zero attached hydrogens (tertiary/aromatic N) is 2. The fraction of sp³-hybridized carbons (Fsp3) is 0.462. The molecule has 0 aliphatic carbocycles. The van der Waals surface area contributed by atoms with Crippen molar-refractivity contribution >= 4 is 11.9 Å². The number of esters is 1. The minimum absolute atomic E-state index is 0.0161. The molecule has 0 radical (unpaired) electrons. The minimum atomic E-state index is -0.394. The van der Waals surface area contributed by atoms with E-state index in [-0.39, 0.29) is 12.5 Å². The average Bonchev–Trinajstić information content (AvgIpc) is 2.42. The summed E-state index contributed by atoms with van der Waals surface area (Å²) in [6.07, 6.45) is 4.44. The fourth-order valence-corrected chi connectivity index (χ4v) is 1.56. The molecule has 5 nitrogen and oxygen atoms in total. The van der Waals surface area contributed by atoms with Crippen molar-refractivity contribution in [3.8, 4) is 0 Å². The summed E-state index contributed by atoms with van der Waals surface area (Å²) in [4.78, 5) is 28.4. The minimum Gasteiger partial charge on any atom is -0.468 e. The van der Waals surface area contributed by atoms with Gasteiger partial charge in [-0.2, -0.15) is 0 Å². The van der Waals surface area contributed by atoms with E-state index in [0.29, 0.717) is 19.4 Å². The smallest absolute Gasteiger partial charge is 0.325 e. The molecule has 0 unspecified atom stereocenters. The lowest BCUT2D eigenvalue weighted by atomic mass is 10.1. The standard InChI is InChI=1S/C13H18N2O3/c1-3-15(10-13(17)18-2)12(16)5-4-11-6-8-14-9-7-11/h6-9H,3-5,10H2,1-2H3. The van der Waals surface area contributed by atoms with Crippen LogP contribution in [-0.4, -0.2) is 42.0 Å². The molecule has 98 valence electrons. The quantitative estimate of drug-likeness (QED) is 0.708. The molecule has 1 aromatic rings. The third-order valence-electron chi connectivity index (χ3n) is 2.66. The highest BCUT2D eigenvalue weighted by Crippen LogP contribution is 2.04. The Labute approximate surface area is 107 Å². The lowest BCUT2D eigenvalue weighted by molar-refractivity contribution is -0.146. The van der Waals surface area contributed by atoms with Crippen LogP contribution in [0.4, 0.5) is 0 Å². The number of carbonyl (C=O) groups excluding carboxylic acids is 2. The van der Waals surface area contributed by atoms with Crippen LogP contribution in [0, 0.1) is 0 Å². The Bertz CT molecular complexity index is 392. The predicted octanol–water partition coefficient (Wildman–Crippen LogP) is 1.04. The number of pyridine rings is 1. The van der Waals surface area contributed by atoms with Crippen molar-refractivity contribution in [3.05, 3.63) is 30.1 Å². The first-order chi connectivity index (χ1) is 8.67. The van der Waals surface area contributed by atoms with Crippen molar-refractivity contribution in [2.75, 3.05) is 20.2 Å². The Kier molecular flexibility index (Phi) is 5.84. The van der Waals surface area contributed by atoms with Gasteiger partial charge in [0.1, 0.15) is 6.54 Å². The van der Waals surface area contributed by atoms with Crippen molar-refractivity contribution in [1.82, 2.24) is 9.88 Å². The van der Waals surface area contributed by atoms with E-state index in [1.165, 1.54) is 12.0 Å². The van der Waals surface area contributed by atoms with Gasteiger partial charge in [-0.25, -0.2) is 0 Å². The van der Waals surface area contributed by atoms with E-state index >= 15 is 0 Å². The first kappa shape index (κ1) is 14.2. The van der Waals surface area contributed by atoms with Crippen molar-refractivity contribution in [3.63, 3.8) is 0 Å². The third kappa shape index (κ3) is 4.53. The number of likely N-dealkylation sites (N-methyl/N-ethyl adjacent to an activating group) is 1. The van der Waals surface area contributed by atoms with Gasteiger partial charge in [-0.1, -0.05) is 0 Å². The summed E-state index contributed by atoms with van der Waals surface area (Å²) in [5.41, 5.74) is 1.06. The van der Waals surface area contributed by atoms with Gasteiger partial charge in [-0.3, -0.25) is 14.6 Å². The highest BCUT2D eigenvalue weighted by atomic mass is 16.5. The molecular formula is C13H18N2O3. The first-order valence-corrected chi connectivity index (χ1v) is 5.90. The number of methoxy groups -OCH3 is 1. The summed E-state index contributed by atoms with van der Waals surface area (Å²) in [5, 5.41) is 0. The molecule has 0 saturated heterocycles. The molecule has 18 heavy (non-hydrogen) atoms. The third-order valence-corrected chi connectivity index (χ3v) is 2.66. The summed E-state index contributed by atoms with van der Waals surface area (Å²) in [6, 6.07) is 3.76. The Morgan fingerprint density at radius 3 is 2.56 bits per heavy atom. The van der Waals surface area contributed by atoms with Gasteiger partial charge in [0.05, 0.1) is 7.11 Å². The second-order valence-electron chi connectivity index (χ2n) is 3.84. The van der Waals surface area contributed by atoms with E-state index in [1.807, 2.05) is 19.1 Å². The molecule has 0 atom stereocenters. The second kappa shape index (κ2) is 7.42. The van der Waals surface area contributed by atoms with Gasteiger partial charge in [0.15, 0.2) is 0 Å². The fourth-order valence-electron chi connectivity index (χ4n) is 1.56. The molecule has 1 amide bonds. The van der Waals surface area contributed by atoms with Gasteiger partial charge in [0.25, 0.3) is 0 Å². The zero-order valence-electron chi connectivity index (χ0n) is 10.8. The van der Waals surface area contributed by atoms with E-state index < -0.39 is 5.97 Å². The molecule has 0 N–H and O–H groups in total. The molecule has 5 heteroatoms. The van der Waals surface area contributed by atoms with E-state index in [1.54, 1.807) is 12.4 Å². The topological polar surface area (TPSA) is 59.5 Å². The van der Waals surface area contributed by atoms with Crippen LogP contribution in [0.25, 0.3) is 0 Å². The van der Waals surface area contributed by atoms with Gasteiger partial charge in [0, 0.05) is 25.4 Å². The SMILES string of the molecule is CCN(CC(=O)OC)C(=O)CCc1ccncc1. The van der Waals surface area contributed by atoms with Crippen LogP contribution >= 0.6 is 0 Å². The van der Waals surface area contributed by atoms with Crippen LogP contribution in [0.5, 0.6) is 0 Å². The molecule has 0 fully saturated rings. The van der Waals surface area contributed by atoms with Crippen LogP contribution in [0.15, 0.2) is 24.5 Å². The maximum absolute atomic E-state index is 11.9. The zero-order valence-corrected chi connectivity index (χ0v) is 10.8. The Morgan fingerprint density at radius 2 is 2.00 bits per heavy atom. The van der Waals surface area contributed by atoms with E-state index in [9.17, 15) is 9.59 Å². The maximum Gasteiger partial charge on any atom is 0.325 e. The molecular weight excluding hydrogens is 232 g/mol. The Hall–Kier alpha value is -1.91. The number of aryl methyl sites for hydroxylation is 1. The Morgan fingerprint density at radius 1 is 1.33 bits per heavy atom. The number of ether oxygens (including phenoxy) is 1. The molecule has 1 rings (SSSR count). The van der Waals surface area contributed by atoms with Gasteiger partial charge in [0.2, 0.25) is 5.91 Å². The van der Waals surface area contributed by atoms with Crippen molar-refractivity contribution in [1.29, 1.82) is 0 Å². The normalized spacial score (nSPS) is 9.89. The number of carbonyl (C=O) groups is 2. The molecule has 1 aromatic heterocycles. The largest absolute Gasteiger partial charge is 0.468 e. The average molecular weight is 250 g/mol. The maximum atomic E-state index is 11.9. The first-order valence-electron chi connectivity index (χ1n) is 5.90. The second-order valence-corrected chi connectivity index (χ2v) is 3.84. The van der Waals surface area contributed by atoms with E-state index in [2.05, 4.69) is 9.72 Å². The molecule has 0 aliphatic rings. The molecule has 1 heterocycles. The van der Waals surface area contributed by atoms with Crippen LogP contribution in [0.1, 0.15) is 18.9 Å². The lowest BCUT2D eigenvalue weighted by Crippen LogP contribution is -2.36. The lowest BCUT2D eigenvalue weighted by Gasteiger charge is -2.19. The number of hydrogen-bond acceptors (Lipinski definition) is 4. The monoisotopic (exact) mass is 250 g/mol. The summed E-state index contributed by atoms with van der Waals surface area (Å²) in [5.74, 6) is -0.436. The van der Waals surface area contributed by atoms with Crippen molar-refractivity contribution in [2.45, 2.75) is 19.8 Å². The molecule has 0 aromatic carbocycles. The van der Waals surface area contributed by atoms with Crippen molar-refractivity contribution in [2.24, 2.45) is 0 Å². The highest BCUT2D eigenvalue weighted by molar-refractivity contribution is 5.82. The van der Waals surface area contributed by atoms with Crippen LogP contribution < -0.4 is 0 Å². The number of amides is 1. The van der Waals surface area contributed by atoms with Crippen LogP contribution in [0.2, 0.25) is 0 Å². The van der Waals surface area contributed by atoms with Gasteiger partial charge in [-0.15, -0.1) is 0 Å². The summed E-state index contributed by atoms with van der Waals surface area (Å²) in [7, 11) is 1.32. The van der Waals surface area contributed by atoms with E-state index in [4.69, 9.17) is 0 Å². The van der Waals surface area contributed by atoms with Crippen LogP contribution in [0.3, 0.4) is 0 Å². The molecule has 0 bridgehead atoms. The Balaban J connectivity index is 2.45. The number of rotatable bonds is 6. The summed E-state index contributed by atoms with van der Waals surface area (Å²) in [6.45, 7) is 2.36.